The van der Waals surface area contributed by atoms with E-state index in [0.717, 1.165) is 18.7 Å². The fourth-order valence-corrected chi connectivity index (χ4v) is 4.08. The summed E-state index contributed by atoms with van der Waals surface area (Å²) in [5.41, 5.74) is 1.27. The molecule has 2 N–H and O–H groups in total. The van der Waals surface area contributed by atoms with Gasteiger partial charge in [0, 0.05) is 25.2 Å². The fraction of sp³-hybridized carbons (Fsp3) is 0.462. The molecule has 2 aromatic carbocycles. The molecule has 190 valence electrons. The largest absolute Gasteiger partial charge is 0.493 e. The van der Waals surface area contributed by atoms with Crippen LogP contribution in [-0.4, -0.2) is 69.8 Å². The van der Waals surface area contributed by atoms with E-state index in [2.05, 4.69) is 15.5 Å². The number of nitrogens with one attached hydrogen (secondary N) is 2. The van der Waals surface area contributed by atoms with E-state index in [0.29, 0.717) is 36.8 Å². The number of methoxy groups -OCH3 is 2. The molecule has 2 amide bonds. The van der Waals surface area contributed by atoms with Crippen molar-refractivity contribution in [2.24, 2.45) is 5.92 Å². The molecular formula is C26H34FN3O5. The van der Waals surface area contributed by atoms with Crippen molar-refractivity contribution >= 4 is 11.8 Å². The monoisotopic (exact) mass is 487 g/mol. The Labute approximate surface area is 205 Å². The van der Waals surface area contributed by atoms with Gasteiger partial charge >= 0.3 is 0 Å². The zero-order valence-corrected chi connectivity index (χ0v) is 20.7. The van der Waals surface area contributed by atoms with Crippen LogP contribution in [0.4, 0.5) is 4.39 Å². The average molecular weight is 488 g/mol. The number of amides is 2. The van der Waals surface area contributed by atoms with Crippen molar-refractivity contribution in [1.29, 1.82) is 0 Å². The smallest absolute Gasteiger partial charge is 0.251 e. The summed E-state index contributed by atoms with van der Waals surface area (Å²) >= 11 is 0. The van der Waals surface area contributed by atoms with Gasteiger partial charge in [-0.3, -0.25) is 14.5 Å². The first-order valence-corrected chi connectivity index (χ1v) is 11.7. The van der Waals surface area contributed by atoms with Crippen molar-refractivity contribution in [3.05, 3.63) is 59.4 Å². The molecule has 2 atom stereocenters. The topological polar surface area (TPSA) is 89.1 Å². The highest BCUT2D eigenvalue weighted by Crippen LogP contribution is 2.32. The second-order valence-electron chi connectivity index (χ2n) is 8.73. The highest BCUT2D eigenvalue weighted by molar-refractivity contribution is 5.97. The van der Waals surface area contributed by atoms with Crippen LogP contribution in [0.3, 0.4) is 0 Å². The minimum absolute atomic E-state index is 0.122. The zero-order valence-electron chi connectivity index (χ0n) is 20.7. The Kier molecular flexibility index (Phi) is 9.45. The number of carbonyl (C=O) groups excluding carboxylic acids is 2. The second kappa shape index (κ2) is 12.5. The van der Waals surface area contributed by atoms with E-state index in [4.69, 9.17) is 14.2 Å². The summed E-state index contributed by atoms with van der Waals surface area (Å²) in [6, 6.07) is 10.1. The third kappa shape index (κ3) is 6.93. The Morgan fingerprint density at radius 2 is 1.69 bits per heavy atom. The number of benzene rings is 2. The molecule has 0 aromatic heterocycles. The highest BCUT2D eigenvalue weighted by Gasteiger charge is 2.28. The molecule has 1 heterocycles. The first-order valence-electron chi connectivity index (χ1n) is 11.7. The fourth-order valence-electron chi connectivity index (χ4n) is 4.08. The maximum atomic E-state index is 13.2. The number of carbonyl (C=O) groups is 2. The lowest BCUT2D eigenvalue weighted by atomic mass is 10.0. The number of halogens is 1. The number of ether oxygens (including phenoxy) is 3. The Morgan fingerprint density at radius 1 is 1.03 bits per heavy atom. The summed E-state index contributed by atoms with van der Waals surface area (Å²) in [7, 11) is 3.17. The molecule has 35 heavy (non-hydrogen) atoms. The lowest BCUT2D eigenvalue weighted by molar-refractivity contribution is -0.124. The van der Waals surface area contributed by atoms with Gasteiger partial charge in [0.2, 0.25) is 5.91 Å². The molecule has 1 aliphatic heterocycles. The Hall–Kier alpha value is -3.17. The Balaban J connectivity index is 1.74. The number of hydrogen-bond acceptors (Lipinski definition) is 6. The maximum absolute atomic E-state index is 13.2. The third-order valence-corrected chi connectivity index (χ3v) is 6.09. The molecule has 1 aliphatic rings. The van der Waals surface area contributed by atoms with Gasteiger partial charge in [-0.25, -0.2) is 4.39 Å². The maximum Gasteiger partial charge on any atom is 0.251 e. The van der Waals surface area contributed by atoms with E-state index in [1.54, 1.807) is 14.2 Å². The zero-order chi connectivity index (χ0) is 25.4. The van der Waals surface area contributed by atoms with Crippen LogP contribution in [0, 0.1) is 11.7 Å². The minimum Gasteiger partial charge on any atom is -0.493 e. The van der Waals surface area contributed by atoms with Crippen LogP contribution in [0.2, 0.25) is 0 Å². The molecule has 2 unspecified atom stereocenters. The van der Waals surface area contributed by atoms with Gasteiger partial charge in [0.1, 0.15) is 11.9 Å². The van der Waals surface area contributed by atoms with E-state index < -0.39 is 17.8 Å². The van der Waals surface area contributed by atoms with E-state index in [1.807, 2.05) is 32.0 Å². The van der Waals surface area contributed by atoms with E-state index in [-0.39, 0.29) is 17.9 Å². The molecule has 1 fully saturated rings. The third-order valence-electron chi connectivity index (χ3n) is 6.09. The van der Waals surface area contributed by atoms with E-state index >= 15 is 0 Å². The predicted octanol–water partition coefficient (Wildman–Crippen LogP) is 2.79. The van der Waals surface area contributed by atoms with Gasteiger partial charge in [0.25, 0.3) is 5.91 Å². The predicted molar refractivity (Wildman–Crippen MR) is 130 cm³/mol. The summed E-state index contributed by atoms with van der Waals surface area (Å²) in [5, 5.41) is 5.81. The van der Waals surface area contributed by atoms with Crippen LogP contribution in [0.25, 0.3) is 0 Å². The molecule has 1 saturated heterocycles. The average Bonchev–Trinajstić information content (AvgIpc) is 2.87. The van der Waals surface area contributed by atoms with E-state index in [9.17, 15) is 14.0 Å². The van der Waals surface area contributed by atoms with Crippen molar-refractivity contribution in [2.75, 3.05) is 47.1 Å². The molecule has 0 spiro atoms. The molecule has 0 radical (unpaired) electrons. The molecular weight excluding hydrogens is 453 g/mol. The summed E-state index contributed by atoms with van der Waals surface area (Å²) in [5.74, 6) is -0.0467. The second-order valence-corrected chi connectivity index (χ2v) is 8.73. The Morgan fingerprint density at radius 3 is 2.29 bits per heavy atom. The van der Waals surface area contributed by atoms with Gasteiger partial charge in [0.05, 0.1) is 33.5 Å². The first kappa shape index (κ1) is 26.4. The minimum atomic E-state index is -0.747. The van der Waals surface area contributed by atoms with Gasteiger partial charge < -0.3 is 24.8 Å². The normalized spacial score (nSPS) is 15.8. The number of nitrogens with zero attached hydrogens (tertiary/aromatic N) is 1. The quantitative estimate of drug-likeness (QED) is 0.536. The van der Waals surface area contributed by atoms with Crippen LogP contribution in [0.15, 0.2) is 42.5 Å². The summed E-state index contributed by atoms with van der Waals surface area (Å²) in [6.07, 6.45) is 0. The molecule has 9 heteroatoms. The molecule has 0 aliphatic carbocycles. The van der Waals surface area contributed by atoms with Crippen LogP contribution in [-0.2, 0) is 9.53 Å². The van der Waals surface area contributed by atoms with Gasteiger partial charge in [-0.15, -0.1) is 0 Å². The molecule has 2 aromatic rings. The number of morpholine rings is 1. The van der Waals surface area contributed by atoms with Crippen molar-refractivity contribution in [2.45, 2.75) is 25.9 Å². The van der Waals surface area contributed by atoms with Crippen LogP contribution in [0.5, 0.6) is 11.5 Å². The summed E-state index contributed by atoms with van der Waals surface area (Å²) < 4.78 is 29.6. The van der Waals surface area contributed by atoms with Crippen LogP contribution >= 0.6 is 0 Å². The first-order chi connectivity index (χ1) is 16.8. The number of hydrogen-bond donors (Lipinski definition) is 2. The van der Waals surface area contributed by atoms with Crippen molar-refractivity contribution in [3.8, 4) is 11.5 Å². The van der Waals surface area contributed by atoms with Gasteiger partial charge in [0.15, 0.2) is 11.5 Å². The van der Waals surface area contributed by atoms with Crippen LogP contribution < -0.4 is 20.1 Å². The van der Waals surface area contributed by atoms with Crippen molar-refractivity contribution < 1.29 is 28.2 Å². The summed E-state index contributed by atoms with van der Waals surface area (Å²) in [4.78, 5) is 28.1. The lowest BCUT2D eigenvalue weighted by Gasteiger charge is -2.35. The number of rotatable bonds is 10. The SMILES string of the molecule is COc1ccc(C(CNC(=O)C(NC(=O)c2ccc(F)cc2)C(C)C)N2CCOCC2)cc1OC. The van der Waals surface area contributed by atoms with Crippen molar-refractivity contribution in [3.63, 3.8) is 0 Å². The summed E-state index contributed by atoms with van der Waals surface area (Å²) in [6.45, 7) is 6.74. The van der Waals surface area contributed by atoms with Crippen molar-refractivity contribution in [1.82, 2.24) is 15.5 Å². The van der Waals surface area contributed by atoms with E-state index in [1.165, 1.54) is 24.3 Å². The van der Waals surface area contributed by atoms with Gasteiger partial charge in [-0.05, 0) is 47.9 Å². The van der Waals surface area contributed by atoms with Gasteiger partial charge in [-0.1, -0.05) is 19.9 Å². The molecule has 3 rings (SSSR count). The highest BCUT2D eigenvalue weighted by atomic mass is 19.1. The standard InChI is InChI=1S/C26H34FN3O5/c1-17(2)24(29-25(31)18-5-8-20(27)9-6-18)26(32)28-16-21(30-11-13-35-14-12-30)19-7-10-22(33-3)23(15-19)34-4/h5-10,15,17,21,24H,11-14,16H2,1-4H3,(H,28,32)(H,29,31). The Bertz CT molecular complexity index is 993. The van der Waals surface area contributed by atoms with Gasteiger partial charge in [-0.2, -0.15) is 0 Å². The van der Waals surface area contributed by atoms with Crippen LogP contribution in [0.1, 0.15) is 35.8 Å². The lowest BCUT2D eigenvalue weighted by Crippen LogP contribution is -2.52. The molecule has 8 nitrogen and oxygen atoms in total. The molecule has 0 bridgehead atoms. The molecule has 0 saturated carbocycles.